The summed E-state index contributed by atoms with van der Waals surface area (Å²) < 4.78 is 41.5. The van der Waals surface area contributed by atoms with Gasteiger partial charge >= 0.3 is 6.36 Å². The number of hydrogen-bond donors (Lipinski definition) is 2. The monoisotopic (exact) mass is 418 g/mol. The Morgan fingerprint density at radius 2 is 1.77 bits per heavy atom. The first-order chi connectivity index (χ1) is 11.3. The second-order valence-electron chi connectivity index (χ2n) is 6.54. The molecule has 26 heavy (non-hydrogen) atoms. The lowest BCUT2D eigenvalue weighted by atomic mass is 9.95. The molecule has 1 aromatic rings. The number of nitrogens with zero attached hydrogens (tertiary/aromatic N) is 1. The van der Waals surface area contributed by atoms with Crippen molar-refractivity contribution in [1.29, 1.82) is 0 Å². The van der Waals surface area contributed by atoms with Crippen LogP contribution in [0.2, 0.25) is 0 Å². The third-order valence-corrected chi connectivity index (χ3v) is 4.20. The summed E-state index contributed by atoms with van der Waals surface area (Å²) in [5.74, 6) is 0.198. The normalized spacial score (nSPS) is 16.5. The van der Waals surface area contributed by atoms with Gasteiger partial charge in [0.2, 0.25) is 0 Å². The molecule has 0 aliphatic carbocycles. The molecule has 2 rings (SSSR count). The fourth-order valence-electron chi connectivity index (χ4n) is 3.02. The summed E-state index contributed by atoms with van der Waals surface area (Å²) in [5.41, 5.74) is 0.499. The number of aromatic hydroxyl groups is 1. The summed E-state index contributed by atoms with van der Waals surface area (Å²) in [4.78, 5) is 2.21. The second-order valence-corrected chi connectivity index (χ2v) is 6.54. The number of halogens is 5. The van der Waals surface area contributed by atoms with Crippen LogP contribution in [0, 0.1) is 5.92 Å². The van der Waals surface area contributed by atoms with Gasteiger partial charge in [-0.1, -0.05) is 13.8 Å². The third-order valence-electron chi connectivity index (χ3n) is 4.20. The Labute approximate surface area is 164 Å². The number of alkyl halides is 3. The maximum atomic E-state index is 12.5. The molecule has 1 aliphatic rings. The van der Waals surface area contributed by atoms with Crippen LogP contribution in [0.1, 0.15) is 38.3 Å². The number of phenols is 1. The predicted octanol–water partition coefficient (Wildman–Crippen LogP) is 4.52. The zero-order valence-electron chi connectivity index (χ0n) is 14.9. The van der Waals surface area contributed by atoms with Crippen LogP contribution >= 0.6 is 24.8 Å². The highest BCUT2D eigenvalue weighted by Gasteiger charge is 2.32. The number of piperazine rings is 1. The molecule has 0 spiro atoms. The Morgan fingerprint density at radius 1 is 1.15 bits per heavy atom. The van der Waals surface area contributed by atoms with Gasteiger partial charge in [0, 0.05) is 37.8 Å². The summed E-state index contributed by atoms with van der Waals surface area (Å²) in [6.07, 6.45) is -3.03. The molecule has 0 saturated carbocycles. The fraction of sp³-hybridized carbons (Fsp3) is 0.647. The van der Waals surface area contributed by atoms with Gasteiger partial charge in [-0.25, -0.2) is 0 Å². The molecule has 1 heterocycles. The summed E-state index contributed by atoms with van der Waals surface area (Å²) >= 11 is 0. The third kappa shape index (κ3) is 7.78. The van der Waals surface area contributed by atoms with E-state index in [-0.39, 0.29) is 42.4 Å². The van der Waals surface area contributed by atoms with Crippen LogP contribution in [0.15, 0.2) is 18.2 Å². The highest BCUT2D eigenvalue weighted by atomic mass is 35.5. The molecule has 0 amide bonds. The summed E-state index contributed by atoms with van der Waals surface area (Å²) in [6, 6.07) is 3.62. The minimum Gasteiger partial charge on any atom is -0.508 e. The van der Waals surface area contributed by atoms with Crippen LogP contribution in [0.5, 0.6) is 11.5 Å². The molecule has 1 aromatic carbocycles. The van der Waals surface area contributed by atoms with E-state index in [2.05, 4.69) is 28.8 Å². The van der Waals surface area contributed by atoms with Crippen molar-refractivity contribution in [2.75, 3.05) is 26.2 Å². The minimum atomic E-state index is -4.74. The van der Waals surface area contributed by atoms with E-state index in [1.807, 2.05) is 0 Å². The van der Waals surface area contributed by atoms with Crippen molar-refractivity contribution in [3.63, 3.8) is 0 Å². The van der Waals surface area contributed by atoms with Crippen molar-refractivity contribution < 1.29 is 23.0 Å². The first-order valence-electron chi connectivity index (χ1n) is 8.29. The first-order valence-corrected chi connectivity index (χ1v) is 8.29. The van der Waals surface area contributed by atoms with Gasteiger partial charge in [-0.3, -0.25) is 4.90 Å². The van der Waals surface area contributed by atoms with Crippen LogP contribution in [-0.4, -0.2) is 42.5 Å². The number of ether oxygens (including phenoxy) is 1. The summed E-state index contributed by atoms with van der Waals surface area (Å²) in [6.45, 7) is 7.48. The van der Waals surface area contributed by atoms with Crippen molar-refractivity contribution >= 4 is 24.8 Å². The van der Waals surface area contributed by atoms with Gasteiger partial charge in [-0.2, -0.15) is 0 Å². The van der Waals surface area contributed by atoms with Crippen molar-refractivity contribution in [3.05, 3.63) is 23.8 Å². The molecular formula is C17H27Cl2F3N2O2. The van der Waals surface area contributed by atoms with Crippen molar-refractivity contribution in [3.8, 4) is 11.5 Å². The molecule has 1 aliphatic heterocycles. The Hall–Kier alpha value is -0.890. The topological polar surface area (TPSA) is 44.7 Å². The highest BCUT2D eigenvalue weighted by molar-refractivity contribution is 5.85. The smallest absolute Gasteiger partial charge is 0.508 e. The van der Waals surface area contributed by atoms with Gasteiger partial charge in [0.15, 0.2) is 0 Å². The van der Waals surface area contributed by atoms with Crippen molar-refractivity contribution in [2.24, 2.45) is 5.92 Å². The second kappa shape index (κ2) is 11.1. The largest absolute Gasteiger partial charge is 0.573 e. The molecule has 2 N–H and O–H groups in total. The summed E-state index contributed by atoms with van der Waals surface area (Å²) in [7, 11) is 0. The minimum absolute atomic E-state index is 0. The predicted molar refractivity (Wildman–Crippen MR) is 101 cm³/mol. The standard InChI is InChI=1S/C17H25F3N2O2.2ClH/c1-12(2)3-5-15(22-9-7-21-8-10-22)14-11-13(4-6-16(14)23)24-17(18,19)20;;/h4,6,11-12,15,21,23H,3,5,7-10H2,1-2H3;2*1H/t15-;;/m0../s1. The van der Waals surface area contributed by atoms with E-state index < -0.39 is 6.36 Å². The van der Waals surface area contributed by atoms with Crippen LogP contribution in [-0.2, 0) is 0 Å². The Balaban J connectivity index is 0.00000312. The number of rotatable bonds is 6. The van der Waals surface area contributed by atoms with E-state index in [1.165, 1.54) is 12.1 Å². The van der Waals surface area contributed by atoms with E-state index in [0.29, 0.717) is 11.5 Å². The Morgan fingerprint density at radius 3 is 2.31 bits per heavy atom. The number of phenolic OH excluding ortho intramolecular Hbond substituents is 1. The zero-order valence-corrected chi connectivity index (χ0v) is 16.5. The molecular weight excluding hydrogens is 392 g/mol. The number of hydrogen-bond acceptors (Lipinski definition) is 4. The van der Waals surface area contributed by atoms with Crippen LogP contribution in [0.3, 0.4) is 0 Å². The molecule has 1 fully saturated rings. The van der Waals surface area contributed by atoms with Gasteiger partial charge < -0.3 is 15.2 Å². The molecule has 9 heteroatoms. The number of benzene rings is 1. The fourth-order valence-corrected chi connectivity index (χ4v) is 3.02. The number of nitrogens with one attached hydrogen (secondary N) is 1. The molecule has 1 atom stereocenters. The average Bonchev–Trinajstić information content (AvgIpc) is 2.50. The van der Waals surface area contributed by atoms with Gasteiger partial charge in [0.05, 0.1) is 0 Å². The van der Waals surface area contributed by atoms with Crippen LogP contribution < -0.4 is 10.1 Å². The van der Waals surface area contributed by atoms with E-state index in [9.17, 15) is 18.3 Å². The zero-order chi connectivity index (χ0) is 17.7. The van der Waals surface area contributed by atoms with Crippen molar-refractivity contribution in [1.82, 2.24) is 10.2 Å². The molecule has 0 aromatic heterocycles. The van der Waals surface area contributed by atoms with Gasteiger partial charge in [-0.15, -0.1) is 38.0 Å². The lowest BCUT2D eigenvalue weighted by Crippen LogP contribution is -2.45. The van der Waals surface area contributed by atoms with E-state index in [4.69, 9.17) is 0 Å². The van der Waals surface area contributed by atoms with Crippen molar-refractivity contribution in [2.45, 2.75) is 39.1 Å². The van der Waals surface area contributed by atoms with Gasteiger partial charge in [-0.05, 0) is 37.0 Å². The van der Waals surface area contributed by atoms with E-state index in [0.717, 1.165) is 45.1 Å². The quantitative estimate of drug-likeness (QED) is 0.712. The maximum Gasteiger partial charge on any atom is 0.573 e. The summed E-state index contributed by atoms with van der Waals surface area (Å²) in [5, 5.41) is 13.5. The SMILES string of the molecule is CC(C)CC[C@@H](c1cc(OC(F)(F)F)ccc1O)N1CCNCC1.Cl.Cl. The average molecular weight is 419 g/mol. The molecule has 0 unspecified atom stereocenters. The van der Waals surface area contributed by atoms with Crippen LogP contribution in [0.25, 0.3) is 0 Å². The van der Waals surface area contributed by atoms with Gasteiger partial charge in [0.25, 0.3) is 0 Å². The highest BCUT2D eigenvalue weighted by Crippen LogP contribution is 2.37. The lowest BCUT2D eigenvalue weighted by Gasteiger charge is -2.36. The maximum absolute atomic E-state index is 12.5. The molecule has 152 valence electrons. The Kier molecular flexibility index (Phi) is 10.7. The first kappa shape index (κ1) is 25.1. The van der Waals surface area contributed by atoms with Gasteiger partial charge in [0.1, 0.15) is 11.5 Å². The lowest BCUT2D eigenvalue weighted by molar-refractivity contribution is -0.274. The Bertz CT molecular complexity index is 539. The van der Waals surface area contributed by atoms with E-state index in [1.54, 1.807) is 0 Å². The molecule has 1 saturated heterocycles. The molecule has 4 nitrogen and oxygen atoms in total. The van der Waals surface area contributed by atoms with Crippen LogP contribution in [0.4, 0.5) is 13.2 Å². The van der Waals surface area contributed by atoms with E-state index >= 15 is 0 Å². The molecule has 0 radical (unpaired) electrons. The molecule has 0 bridgehead atoms.